The second-order valence-electron chi connectivity index (χ2n) is 9.71. The van der Waals surface area contributed by atoms with E-state index in [4.69, 9.17) is 4.74 Å². The van der Waals surface area contributed by atoms with Crippen LogP contribution >= 0.6 is 15.9 Å². The largest absolute Gasteiger partial charge is 0.473 e. The van der Waals surface area contributed by atoms with Gasteiger partial charge in [0.2, 0.25) is 11.6 Å². The third kappa shape index (κ3) is 5.82. The van der Waals surface area contributed by atoms with E-state index < -0.39 is 6.10 Å². The van der Waals surface area contributed by atoms with E-state index >= 15 is 0 Å². The molecule has 38 heavy (non-hydrogen) atoms. The second-order valence-corrected chi connectivity index (χ2v) is 10.5. The van der Waals surface area contributed by atoms with Crippen LogP contribution in [0.5, 0.6) is 5.88 Å². The van der Waals surface area contributed by atoms with Gasteiger partial charge in [-0.1, -0.05) is 24.3 Å². The molecule has 2 amide bonds. The summed E-state index contributed by atoms with van der Waals surface area (Å²) in [5.74, 6) is 0.0771. The van der Waals surface area contributed by atoms with Gasteiger partial charge in [0.1, 0.15) is 16.9 Å². The number of piperidine rings is 1. The van der Waals surface area contributed by atoms with E-state index in [0.717, 1.165) is 24.1 Å². The molecule has 0 spiro atoms. The van der Waals surface area contributed by atoms with Crippen molar-refractivity contribution < 1.29 is 23.9 Å². The van der Waals surface area contributed by atoms with Gasteiger partial charge < -0.3 is 19.6 Å². The predicted molar refractivity (Wildman–Crippen MR) is 140 cm³/mol. The van der Waals surface area contributed by atoms with Crippen LogP contribution in [0.2, 0.25) is 0 Å². The molecule has 3 aromatic rings. The Morgan fingerprint density at radius 2 is 2.03 bits per heavy atom. The third-order valence-electron chi connectivity index (χ3n) is 7.23. The quantitative estimate of drug-likeness (QED) is 0.369. The van der Waals surface area contributed by atoms with E-state index in [1.165, 1.54) is 0 Å². The van der Waals surface area contributed by atoms with Gasteiger partial charge in [0, 0.05) is 38.4 Å². The Labute approximate surface area is 227 Å². The molecule has 0 radical (unpaired) electrons. The molecular formula is C26H30BrFN6O4. The van der Waals surface area contributed by atoms with Gasteiger partial charge in [-0.2, -0.15) is 5.54 Å². The minimum Gasteiger partial charge on any atom is -0.473 e. The number of benzene rings is 1. The van der Waals surface area contributed by atoms with Crippen molar-refractivity contribution in [3.05, 3.63) is 58.1 Å². The van der Waals surface area contributed by atoms with Crippen LogP contribution in [-0.4, -0.2) is 80.0 Å². The number of nitrogens with one attached hydrogen (secondary N) is 1. The van der Waals surface area contributed by atoms with Gasteiger partial charge in [-0.15, -0.1) is 4.48 Å². The summed E-state index contributed by atoms with van der Waals surface area (Å²) >= 11 is 3.37. The number of likely N-dealkylation sites (tertiary alicyclic amines) is 2. The van der Waals surface area contributed by atoms with Crippen molar-refractivity contribution in [2.75, 3.05) is 32.8 Å². The molecule has 0 saturated carbocycles. The van der Waals surface area contributed by atoms with E-state index in [1.807, 2.05) is 24.3 Å². The number of β-amino-alcohol motifs (C(OH)–C–C–N with tert-alkyl or cyclic N) is 1. The molecule has 0 aliphatic carbocycles. The fraction of sp³-hybridized carbons (Fsp3) is 0.462. The SMILES string of the molecule is O=C1CCCN1CCOc1nc(Br)cn2cc(C(=O)N3CCC(Cc4ccccc4CNF)[C@H](O)C3)nc12. The highest BCUT2D eigenvalue weighted by atomic mass is 79.9. The first-order valence-corrected chi connectivity index (χ1v) is 13.6. The smallest absolute Gasteiger partial charge is 0.274 e. The number of ether oxygens (including phenoxy) is 1. The van der Waals surface area contributed by atoms with Crippen molar-refractivity contribution in [3.63, 3.8) is 0 Å². The minimum atomic E-state index is -0.709. The van der Waals surface area contributed by atoms with Crippen molar-refractivity contribution in [1.29, 1.82) is 0 Å². The maximum atomic E-state index is 13.3. The number of aliphatic hydroxyl groups excluding tert-OH is 1. The van der Waals surface area contributed by atoms with Crippen molar-refractivity contribution in [1.82, 2.24) is 29.7 Å². The van der Waals surface area contributed by atoms with Crippen LogP contribution in [0.25, 0.3) is 5.65 Å². The molecule has 1 unspecified atom stereocenters. The fourth-order valence-electron chi connectivity index (χ4n) is 5.18. The average Bonchev–Trinajstić information content (AvgIpc) is 3.52. The van der Waals surface area contributed by atoms with Gasteiger partial charge in [0.25, 0.3) is 11.8 Å². The fourth-order valence-corrected chi connectivity index (χ4v) is 5.56. The molecule has 0 bridgehead atoms. The Morgan fingerprint density at radius 1 is 1.21 bits per heavy atom. The molecule has 2 N–H and O–H groups in total. The van der Waals surface area contributed by atoms with Gasteiger partial charge in [0.05, 0.1) is 19.2 Å². The van der Waals surface area contributed by atoms with Gasteiger partial charge in [-0.3, -0.25) is 14.0 Å². The number of aliphatic hydroxyl groups is 1. The molecule has 10 nitrogen and oxygen atoms in total. The van der Waals surface area contributed by atoms with E-state index in [-0.39, 0.29) is 49.0 Å². The first-order chi connectivity index (χ1) is 18.4. The van der Waals surface area contributed by atoms with Crippen molar-refractivity contribution in [2.45, 2.75) is 38.3 Å². The normalized spacial score (nSPS) is 19.9. The summed E-state index contributed by atoms with van der Waals surface area (Å²) in [5.41, 5.74) is 4.18. The number of nitrogens with zero attached hydrogens (tertiary/aromatic N) is 5. The topological polar surface area (TPSA) is 112 Å². The Balaban J connectivity index is 1.24. The van der Waals surface area contributed by atoms with Crippen LogP contribution in [0, 0.1) is 5.92 Å². The van der Waals surface area contributed by atoms with Gasteiger partial charge in [0.15, 0.2) is 0 Å². The minimum absolute atomic E-state index is 0.0384. The van der Waals surface area contributed by atoms with Crippen LogP contribution in [0.15, 0.2) is 41.3 Å². The molecular weight excluding hydrogens is 559 g/mol. The zero-order chi connectivity index (χ0) is 26.6. The molecule has 2 saturated heterocycles. The molecule has 2 atom stereocenters. The molecule has 5 rings (SSSR count). The van der Waals surface area contributed by atoms with Crippen molar-refractivity contribution in [3.8, 4) is 5.88 Å². The van der Waals surface area contributed by atoms with E-state index in [0.29, 0.717) is 42.6 Å². The lowest BCUT2D eigenvalue weighted by atomic mass is 9.86. The zero-order valence-corrected chi connectivity index (χ0v) is 22.4. The van der Waals surface area contributed by atoms with E-state index in [2.05, 4.69) is 25.9 Å². The summed E-state index contributed by atoms with van der Waals surface area (Å²) in [5, 5.41) is 10.9. The Hall–Kier alpha value is -3.09. The molecule has 202 valence electrons. The molecule has 1 aromatic carbocycles. The van der Waals surface area contributed by atoms with Crippen molar-refractivity contribution >= 4 is 33.4 Å². The number of fused-ring (bicyclic) bond motifs is 1. The number of carbonyl (C=O) groups is 2. The molecule has 12 heteroatoms. The summed E-state index contributed by atoms with van der Waals surface area (Å²) in [4.78, 5) is 37.4. The third-order valence-corrected chi connectivity index (χ3v) is 7.62. The lowest BCUT2D eigenvalue weighted by molar-refractivity contribution is -0.128. The monoisotopic (exact) mass is 588 g/mol. The summed E-state index contributed by atoms with van der Waals surface area (Å²) < 4.78 is 20.8. The Kier molecular flexibility index (Phi) is 8.20. The van der Waals surface area contributed by atoms with Crippen LogP contribution < -0.4 is 10.3 Å². The first kappa shape index (κ1) is 26.5. The highest BCUT2D eigenvalue weighted by Gasteiger charge is 2.32. The molecule has 4 heterocycles. The first-order valence-electron chi connectivity index (χ1n) is 12.8. The number of amides is 2. The van der Waals surface area contributed by atoms with Crippen molar-refractivity contribution in [2.24, 2.45) is 5.92 Å². The van der Waals surface area contributed by atoms with Crippen LogP contribution in [0.1, 0.15) is 40.9 Å². The standard InChI is InChI=1S/C26H30BrFN6O4/c27-22-16-34-14-20(30-24(34)25(31-22)38-11-10-32-8-3-6-23(32)36)26(37)33-9-7-18(21(35)15-33)12-17-4-1-2-5-19(17)13-29-28/h1-2,4-5,14,16,18,21,29,35H,3,6-13,15H2/t18?,21-/m1/s1. The number of rotatable bonds is 9. The van der Waals surface area contributed by atoms with Crippen LogP contribution in [0.3, 0.4) is 0 Å². The molecule has 2 aliphatic rings. The summed E-state index contributed by atoms with van der Waals surface area (Å²) in [6.45, 7) is 2.25. The molecule has 2 aromatic heterocycles. The predicted octanol–water partition coefficient (Wildman–Crippen LogP) is 2.53. The number of halogens is 2. The van der Waals surface area contributed by atoms with Gasteiger partial charge in [-0.25, -0.2) is 9.97 Å². The lowest BCUT2D eigenvalue weighted by Crippen LogP contribution is -2.47. The summed E-state index contributed by atoms with van der Waals surface area (Å²) in [6, 6.07) is 7.58. The highest BCUT2D eigenvalue weighted by molar-refractivity contribution is 9.10. The van der Waals surface area contributed by atoms with Gasteiger partial charge >= 0.3 is 0 Å². The Bertz CT molecular complexity index is 1320. The van der Waals surface area contributed by atoms with Crippen LogP contribution in [0.4, 0.5) is 4.48 Å². The summed E-state index contributed by atoms with van der Waals surface area (Å²) in [7, 11) is 0. The number of hydrogen-bond acceptors (Lipinski definition) is 7. The Morgan fingerprint density at radius 3 is 2.76 bits per heavy atom. The second kappa shape index (κ2) is 11.7. The van der Waals surface area contributed by atoms with Gasteiger partial charge in [-0.05, 0) is 52.2 Å². The zero-order valence-electron chi connectivity index (χ0n) is 20.9. The molecule has 2 aliphatic heterocycles. The van der Waals surface area contributed by atoms with E-state index in [1.54, 1.807) is 32.1 Å². The summed E-state index contributed by atoms with van der Waals surface area (Å²) in [6.07, 6.45) is 5.27. The number of carbonyl (C=O) groups excluding carboxylic acids is 2. The number of aromatic nitrogens is 3. The maximum absolute atomic E-state index is 13.3. The number of hydrogen-bond donors (Lipinski definition) is 2. The molecule has 2 fully saturated rings. The highest BCUT2D eigenvalue weighted by Crippen LogP contribution is 2.26. The maximum Gasteiger partial charge on any atom is 0.274 e. The van der Waals surface area contributed by atoms with Crippen LogP contribution in [-0.2, 0) is 17.8 Å². The average molecular weight is 589 g/mol. The lowest BCUT2D eigenvalue weighted by Gasteiger charge is -2.36. The van der Waals surface area contributed by atoms with E-state index in [9.17, 15) is 19.2 Å². The number of imidazole rings is 1.